The summed E-state index contributed by atoms with van der Waals surface area (Å²) in [5.74, 6) is 0.334. The molecule has 0 aromatic carbocycles. The first-order valence-corrected chi connectivity index (χ1v) is 5.54. The molecule has 0 amide bonds. The predicted molar refractivity (Wildman–Crippen MR) is 66.1 cm³/mol. The van der Waals surface area contributed by atoms with Gasteiger partial charge in [-0.05, 0) is 6.92 Å². The Morgan fingerprint density at radius 1 is 1.47 bits per heavy atom. The van der Waals surface area contributed by atoms with Crippen molar-refractivity contribution in [2.24, 2.45) is 0 Å². The molecule has 2 rings (SSSR count). The third kappa shape index (κ3) is 2.79. The number of nitrogens with two attached hydrogens (primary N) is 1. The zero-order valence-electron chi connectivity index (χ0n) is 10.5. The van der Waals surface area contributed by atoms with Gasteiger partial charge in [0.15, 0.2) is 5.82 Å². The SMILES string of the molecule is CCOC(=O)c1cnn(-c2cc(OC)nc(N)n2)c1. The smallest absolute Gasteiger partial charge is 0.341 e. The van der Waals surface area contributed by atoms with Crippen LogP contribution in [0.5, 0.6) is 5.88 Å². The molecule has 2 heterocycles. The molecule has 8 nitrogen and oxygen atoms in total. The van der Waals surface area contributed by atoms with Gasteiger partial charge in [-0.25, -0.2) is 9.48 Å². The summed E-state index contributed by atoms with van der Waals surface area (Å²) < 4.78 is 11.3. The first kappa shape index (κ1) is 12.8. The van der Waals surface area contributed by atoms with E-state index in [9.17, 15) is 4.79 Å². The molecule has 0 aliphatic rings. The lowest BCUT2D eigenvalue weighted by molar-refractivity contribution is 0.0526. The van der Waals surface area contributed by atoms with Gasteiger partial charge in [-0.2, -0.15) is 15.1 Å². The second kappa shape index (κ2) is 5.34. The molecule has 8 heteroatoms. The Balaban J connectivity index is 2.32. The standard InChI is InChI=1S/C11H13N5O3/c1-3-19-10(17)7-5-13-16(6-7)8-4-9(18-2)15-11(12)14-8/h4-6H,3H2,1-2H3,(H2,12,14,15). The van der Waals surface area contributed by atoms with Gasteiger partial charge in [-0.3, -0.25) is 0 Å². The summed E-state index contributed by atoms with van der Waals surface area (Å²) in [6, 6.07) is 1.55. The van der Waals surface area contributed by atoms with Crippen molar-refractivity contribution in [3.63, 3.8) is 0 Å². The minimum atomic E-state index is -0.442. The van der Waals surface area contributed by atoms with Crippen LogP contribution in [0, 0.1) is 0 Å². The molecule has 0 saturated carbocycles. The van der Waals surface area contributed by atoms with E-state index < -0.39 is 5.97 Å². The summed E-state index contributed by atoms with van der Waals surface area (Å²) in [6.45, 7) is 2.04. The highest BCUT2D eigenvalue weighted by molar-refractivity contribution is 5.88. The lowest BCUT2D eigenvalue weighted by Crippen LogP contribution is -2.05. The molecule has 0 spiro atoms. The lowest BCUT2D eigenvalue weighted by Gasteiger charge is -2.04. The summed E-state index contributed by atoms with van der Waals surface area (Å²) >= 11 is 0. The molecule has 2 aromatic rings. The summed E-state index contributed by atoms with van der Waals surface area (Å²) in [5, 5.41) is 4.02. The van der Waals surface area contributed by atoms with Gasteiger partial charge < -0.3 is 15.2 Å². The Bertz CT molecular complexity index is 596. The third-order valence-electron chi connectivity index (χ3n) is 2.24. The fraction of sp³-hybridized carbons (Fsp3) is 0.273. The number of nitrogen functional groups attached to an aromatic ring is 1. The molecule has 0 radical (unpaired) electrons. The predicted octanol–water partition coefficient (Wildman–Crippen LogP) is 0.430. The molecule has 0 saturated heterocycles. The molecule has 0 aliphatic carbocycles. The fourth-order valence-electron chi connectivity index (χ4n) is 1.42. The number of carbonyl (C=O) groups excluding carboxylic acids is 1. The number of esters is 1. The lowest BCUT2D eigenvalue weighted by atomic mass is 10.4. The van der Waals surface area contributed by atoms with Crippen LogP contribution in [-0.2, 0) is 4.74 Å². The molecule has 0 aliphatic heterocycles. The van der Waals surface area contributed by atoms with Crippen LogP contribution in [0.15, 0.2) is 18.5 Å². The number of aromatic nitrogens is 4. The first-order valence-electron chi connectivity index (χ1n) is 5.54. The Labute approximate surface area is 109 Å². The molecule has 0 atom stereocenters. The van der Waals surface area contributed by atoms with E-state index in [1.807, 2.05) is 0 Å². The number of nitrogens with zero attached hydrogens (tertiary/aromatic N) is 4. The topological polar surface area (TPSA) is 105 Å². The minimum Gasteiger partial charge on any atom is -0.481 e. The molecule has 0 fully saturated rings. The summed E-state index contributed by atoms with van der Waals surface area (Å²) in [4.78, 5) is 19.4. The molecular weight excluding hydrogens is 250 g/mol. The minimum absolute atomic E-state index is 0.0579. The largest absolute Gasteiger partial charge is 0.481 e. The molecule has 0 bridgehead atoms. The van der Waals surface area contributed by atoms with Crippen molar-refractivity contribution in [3.05, 3.63) is 24.0 Å². The Kier molecular flexibility index (Phi) is 3.60. The zero-order valence-corrected chi connectivity index (χ0v) is 10.5. The van der Waals surface area contributed by atoms with Crippen LogP contribution in [0.2, 0.25) is 0 Å². The number of hydrogen-bond donors (Lipinski definition) is 1. The highest BCUT2D eigenvalue weighted by atomic mass is 16.5. The van der Waals surface area contributed by atoms with E-state index in [1.54, 1.807) is 13.0 Å². The molecule has 2 aromatic heterocycles. The highest BCUT2D eigenvalue weighted by Gasteiger charge is 2.12. The Morgan fingerprint density at radius 2 is 2.26 bits per heavy atom. The molecule has 19 heavy (non-hydrogen) atoms. The third-order valence-corrected chi connectivity index (χ3v) is 2.24. The zero-order chi connectivity index (χ0) is 13.8. The number of anilines is 1. The first-order chi connectivity index (χ1) is 9.13. The average molecular weight is 263 g/mol. The van der Waals surface area contributed by atoms with Gasteiger partial charge in [-0.1, -0.05) is 0 Å². The van der Waals surface area contributed by atoms with E-state index in [1.165, 1.54) is 24.2 Å². The highest BCUT2D eigenvalue weighted by Crippen LogP contribution is 2.14. The summed E-state index contributed by atoms with van der Waals surface area (Å²) in [5.41, 5.74) is 5.88. The van der Waals surface area contributed by atoms with Crippen LogP contribution < -0.4 is 10.5 Å². The molecule has 0 unspecified atom stereocenters. The molecule has 2 N–H and O–H groups in total. The number of rotatable bonds is 4. The van der Waals surface area contributed by atoms with Crippen molar-refractivity contribution >= 4 is 11.9 Å². The van der Waals surface area contributed by atoms with Crippen LogP contribution in [0.25, 0.3) is 5.82 Å². The average Bonchev–Trinajstić information content (AvgIpc) is 2.88. The van der Waals surface area contributed by atoms with Crippen LogP contribution in [0.1, 0.15) is 17.3 Å². The molecule has 100 valence electrons. The van der Waals surface area contributed by atoms with Gasteiger partial charge >= 0.3 is 5.97 Å². The van der Waals surface area contributed by atoms with E-state index in [0.717, 1.165) is 0 Å². The second-order valence-corrected chi connectivity index (χ2v) is 3.52. The van der Waals surface area contributed by atoms with Gasteiger partial charge in [0.1, 0.15) is 0 Å². The van der Waals surface area contributed by atoms with Crippen molar-refractivity contribution in [1.82, 2.24) is 19.7 Å². The van der Waals surface area contributed by atoms with Crippen molar-refractivity contribution in [3.8, 4) is 11.7 Å². The van der Waals surface area contributed by atoms with E-state index in [4.69, 9.17) is 15.2 Å². The number of carbonyl (C=O) groups is 1. The van der Waals surface area contributed by atoms with Crippen LogP contribution in [-0.4, -0.2) is 39.4 Å². The van der Waals surface area contributed by atoms with Gasteiger partial charge in [0.2, 0.25) is 11.8 Å². The van der Waals surface area contributed by atoms with E-state index in [0.29, 0.717) is 23.9 Å². The van der Waals surface area contributed by atoms with Gasteiger partial charge in [0, 0.05) is 12.3 Å². The molecular formula is C11H13N5O3. The monoisotopic (exact) mass is 263 g/mol. The van der Waals surface area contributed by atoms with Gasteiger partial charge in [0.25, 0.3) is 0 Å². The van der Waals surface area contributed by atoms with E-state index in [-0.39, 0.29) is 5.95 Å². The van der Waals surface area contributed by atoms with Gasteiger partial charge in [-0.15, -0.1) is 0 Å². The van der Waals surface area contributed by atoms with Crippen LogP contribution >= 0.6 is 0 Å². The van der Waals surface area contributed by atoms with E-state index >= 15 is 0 Å². The van der Waals surface area contributed by atoms with E-state index in [2.05, 4.69) is 15.1 Å². The van der Waals surface area contributed by atoms with Crippen molar-refractivity contribution < 1.29 is 14.3 Å². The fourth-order valence-corrected chi connectivity index (χ4v) is 1.42. The normalized spacial score (nSPS) is 10.2. The maximum absolute atomic E-state index is 11.5. The van der Waals surface area contributed by atoms with Gasteiger partial charge in [0.05, 0.1) is 25.5 Å². The second-order valence-electron chi connectivity index (χ2n) is 3.52. The number of hydrogen-bond acceptors (Lipinski definition) is 7. The maximum Gasteiger partial charge on any atom is 0.341 e. The number of methoxy groups -OCH3 is 1. The Morgan fingerprint density at radius 3 is 2.95 bits per heavy atom. The quantitative estimate of drug-likeness (QED) is 0.797. The van der Waals surface area contributed by atoms with Crippen molar-refractivity contribution in [2.45, 2.75) is 6.92 Å². The number of ether oxygens (including phenoxy) is 2. The summed E-state index contributed by atoms with van der Waals surface area (Å²) in [7, 11) is 1.47. The van der Waals surface area contributed by atoms with Crippen LogP contribution in [0.3, 0.4) is 0 Å². The van der Waals surface area contributed by atoms with Crippen LogP contribution in [0.4, 0.5) is 5.95 Å². The maximum atomic E-state index is 11.5. The Hall–Kier alpha value is -2.64. The van der Waals surface area contributed by atoms with Crippen molar-refractivity contribution in [2.75, 3.05) is 19.5 Å². The van der Waals surface area contributed by atoms with Crippen molar-refractivity contribution in [1.29, 1.82) is 0 Å². The summed E-state index contributed by atoms with van der Waals surface area (Å²) in [6.07, 6.45) is 2.89.